The number of esters is 2. The fourth-order valence-electron chi connectivity index (χ4n) is 4.71. The van der Waals surface area contributed by atoms with Crippen LogP contribution >= 0.6 is 7.82 Å². The van der Waals surface area contributed by atoms with E-state index in [-0.39, 0.29) is 19.4 Å². The second kappa shape index (κ2) is 29.8. The highest BCUT2D eigenvalue weighted by atomic mass is 31.2. The molecule has 0 fully saturated rings. The van der Waals surface area contributed by atoms with Crippen LogP contribution in [-0.4, -0.2) is 41.0 Å². The number of hydrogen-bond donors (Lipinski definition) is 2. The van der Waals surface area contributed by atoms with Crippen LogP contribution in [0.15, 0.2) is 12.2 Å². The van der Waals surface area contributed by atoms with Gasteiger partial charge in [0.15, 0.2) is 6.10 Å². The molecule has 0 amide bonds. The van der Waals surface area contributed by atoms with Gasteiger partial charge in [-0.3, -0.25) is 14.1 Å². The topological polar surface area (TPSA) is 119 Å². The molecule has 0 unspecified atom stereocenters. The van der Waals surface area contributed by atoms with Crippen molar-refractivity contribution in [2.45, 2.75) is 174 Å². The number of hydrogen-bond acceptors (Lipinski definition) is 6. The number of rotatable bonds is 31. The second-order valence-corrected chi connectivity index (χ2v) is 12.7. The Bertz CT molecular complexity index is 706. The van der Waals surface area contributed by atoms with Gasteiger partial charge in [0.1, 0.15) is 6.61 Å². The van der Waals surface area contributed by atoms with Crippen LogP contribution in [0.4, 0.5) is 0 Å². The zero-order valence-corrected chi connectivity index (χ0v) is 27.8. The van der Waals surface area contributed by atoms with Gasteiger partial charge in [-0.25, -0.2) is 4.57 Å². The van der Waals surface area contributed by atoms with Crippen molar-refractivity contribution in [3.63, 3.8) is 0 Å². The quantitative estimate of drug-likeness (QED) is 0.0341. The van der Waals surface area contributed by atoms with E-state index in [0.29, 0.717) is 12.8 Å². The van der Waals surface area contributed by atoms with Crippen molar-refractivity contribution in [3.8, 4) is 0 Å². The molecule has 2 N–H and O–H groups in total. The first-order chi connectivity index (χ1) is 20.3. The molecule has 9 heteroatoms. The van der Waals surface area contributed by atoms with Crippen molar-refractivity contribution in [2.24, 2.45) is 0 Å². The summed E-state index contributed by atoms with van der Waals surface area (Å²) < 4.78 is 26.2. The molecule has 0 aliphatic heterocycles. The minimum Gasteiger partial charge on any atom is -0.462 e. The number of phosphoric ester groups is 1. The first kappa shape index (κ1) is 40.8. The van der Waals surface area contributed by atoms with Gasteiger partial charge in [0.25, 0.3) is 0 Å². The minimum atomic E-state index is -4.74. The highest BCUT2D eigenvalue weighted by Crippen LogP contribution is 2.36. The molecule has 0 radical (unpaired) electrons. The SMILES string of the molecule is CCCC/C=C/CCCCCCCC(=O)OC[C@H](COP(=O)(O)O)OC(=O)CCCCCCCCCCCCCCC. The van der Waals surface area contributed by atoms with Gasteiger partial charge < -0.3 is 19.3 Å². The highest BCUT2D eigenvalue weighted by Gasteiger charge is 2.22. The number of phosphoric acid groups is 1. The molecular formula is C33H63O8P. The van der Waals surface area contributed by atoms with E-state index in [0.717, 1.165) is 57.8 Å². The second-order valence-electron chi connectivity index (χ2n) is 11.5. The van der Waals surface area contributed by atoms with Gasteiger partial charge in [0.2, 0.25) is 0 Å². The van der Waals surface area contributed by atoms with Crippen LogP contribution in [0.1, 0.15) is 168 Å². The van der Waals surface area contributed by atoms with Gasteiger partial charge in [-0.05, 0) is 32.1 Å². The maximum atomic E-state index is 12.3. The van der Waals surface area contributed by atoms with E-state index in [9.17, 15) is 14.2 Å². The minimum absolute atomic E-state index is 0.215. The Morgan fingerprint density at radius 1 is 0.595 bits per heavy atom. The molecule has 0 heterocycles. The van der Waals surface area contributed by atoms with Crippen molar-refractivity contribution in [3.05, 3.63) is 12.2 Å². The lowest BCUT2D eigenvalue weighted by Gasteiger charge is -2.18. The van der Waals surface area contributed by atoms with Gasteiger partial charge in [-0.1, -0.05) is 135 Å². The summed E-state index contributed by atoms with van der Waals surface area (Å²) in [6.45, 7) is 3.62. The molecule has 0 saturated heterocycles. The van der Waals surface area contributed by atoms with Crippen molar-refractivity contribution < 1.29 is 37.9 Å². The summed E-state index contributed by atoms with van der Waals surface area (Å²) in [5.74, 6) is -0.892. The van der Waals surface area contributed by atoms with Gasteiger partial charge in [0, 0.05) is 12.8 Å². The van der Waals surface area contributed by atoms with E-state index in [1.54, 1.807) is 0 Å². The largest absolute Gasteiger partial charge is 0.469 e. The summed E-state index contributed by atoms with van der Waals surface area (Å²) in [5, 5.41) is 0. The molecule has 248 valence electrons. The van der Waals surface area contributed by atoms with Crippen LogP contribution in [-0.2, 0) is 28.2 Å². The summed E-state index contributed by atoms with van der Waals surface area (Å²) in [4.78, 5) is 42.5. The predicted octanol–water partition coefficient (Wildman–Crippen LogP) is 9.51. The fourth-order valence-corrected chi connectivity index (χ4v) is 5.07. The fraction of sp³-hybridized carbons (Fsp3) is 0.879. The van der Waals surface area contributed by atoms with E-state index in [1.807, 2.05) is 0 Å². The van der Waals surface area contributed by atoms with Crippen LogP contribution in [0.25, 0.3) is 0 Å². The molecule has 0 aliphatic carbocycles. The number of carbonyl (C=O) groups excluding carboxylic acids is 2. The third kappa shape index (κ3) is 31.7. The molecule has 0 rings (SSSR count). The van der Waals surface area contributed by atoms with Crippen LogP contribution in [0.2, 0.25) is 0 Å². The molecule has 42 heavy (non-hydrogen) atoms. The molecule has 0 aliphatic rings. The Balaban J connectivity index is 4.00. The Kier molecular flexibility index (Phi) is 29.0. The molecule has 0 bridgehead atoms. The standard InChI is InChI=1S/C33H63O8P/c1-3-5-7-9-11-13-15-16-18-20-22-24-26-28-33(35)41-31(30-40-42(36,37)38)29-39-32(34)27-25-23-21-19-17-14-12-10-8-6-4-2/h10,12,31H,3-9,11,13-30H2,1-2H3,(H2,36,37,38)/b12-10+/t31-/m1/s1. The first-order valence-electron chi connectivity index (χ1n) is 17.0. The monoisotopic (exact) mass is 618 g/mol. The van der Waals surface area contributed by atoms with Crippen LogP contribution in [0, 0.1) is 0 Å². The molecule has 1 atom stereocenters. The Morgan fingerprint density at radius 3 is 1.52 bits per heavy atom. The Hall–Kier alpha value is -1.21. The summed E-state index contributed by atoms with van der Waals surface area (Å²) in [6.07, 6.45) is 29.3. The Labute approximate surface area is 257 Å². The third-order valence-corrected chi connectivity index (χ3v) is 7.77. The lowest BCUT2D eigenvalue weighted by molar-refractivity contribution is -0.161. The Morgan fingerprint density at radius 2 is 1.02 bits per heavy atom. The number of allylic oxidation sites excluding steroid dienone is 2. The van der Waals surface area contributed by atoms with Crippen LogP contribution < -0.4 is 0 Å². The van der Waals surface area contributed by atoms with Crippen molar-refractivity contribution in [1.29, 1.82) is 0 Å². The lowest BCUT2D eigenvalue weighted by atomic mass is 10.0. The normalized spacial score (nSPS) is 12.6. The molecule has 0 aromatic carbocycles. The van der Waals surface area contributed by atoms with E-state index in [4.69, 9.17) is 19.3 Å². The van der Waals surface area contributed by atoms with Crippen molar-refractivity contribution in [1.82, 2.24) is 0 Å². The smallest absolute Gasteiger partial charge is 0.462 e. The molecular weight excluding hydrogens is 555 g/mol. The average Bonchev–Trinajstić information content (AvgIpc) is 2.95. The summed E-state index contributed by atoms with van der Waals surface area (Å²) >= 11 is 0. The number of carbonyl (C=O) groups is 2. The van der Waals surface area contributed by atoms with Gasteiger partial charge in [-0.2, -0.15) is 0 Å². The van der Waals surface area contributed by atoms with Gasteiger partial charge in [0.05, 0.1) is 6.61 Å². The molecule has 8 nitrogen and oxygen atoms in total. The predicted molar refractivity (Wildman–Crippen MR) is 170 cm³/mol. The van der Waals surface area contributed by atoms with Crippen molar-refractivity contribution in [2.75, 3.05) is 13.2 Å². The van der Waals surface area contributed by atoms with E-state index < -0.39 is 32.5 Å². The van der Waals surface area contributed by atoms with E-state index in [1.165, 1.54) is 70.6 Å². The molecule has 0 aromatic rings. The van der Waals surface area contributed by atoms with Crippen LogP contribution in [0.3, 0.4) is 0 Å². The summed E-state index contributed by atoms with van der Waals surface area (Å²) in [7, 11) is -4.74. The number of ether oxygens (including phenoxy) is 2. The van der Waals surface area contributed by atoms with Gasteiger partial charge >= 0.3 is 19.8 Å². The maximum Gasteiger partial charge on any atom is 0.469 e. The van der Waals surface area contributed by atoms with E-state index in [2.05, 4.69) is 30.5 Å². The van der Waals surface area contributed by atoms with Gasteiger partial charge in [-0.15, -0.1) is 0 Å². The molecule has 0 saturated carbocycles. The molecule has 0 spiro atoms. The zero-order valence-electron chi connectivity index (χ0n) is 26.9. The average molecular weight is 619 g/mol. The summed E-state index contributed by atoms with van der Waals surface area (Å²) in [6, 6.07) is 0. The maximum absolute atomic E-state index is 12.3. The molecule has 0 aromatic heterocycles. The first-order valence-corrected chi connectivity index (χ1v) is 18.5. The lowest BCUT2D eigenvalue weighted by Crippen LogP contribution is -2.29. The third-order valence-electron chi connectivity index (χ3n) is 7.28. The zero-order chi connectivity index (χ0) is 31.2. The highest BCUT2D eigenvalue weighted by molar-refractivity contribution is 7.46. The number of unbranched alkanes of at least 4 members (excludes halogenated alkanes) is 19. The summed E-state index contributed by atoms with van der Waals surface area (Å²) in [5.41, 5.74) is 0. The van der Waals surface area contributed by atoms with Crippen LogP contribution in [0.5, 0.6) is 0 Å². The van der Waals surface area contributed by atoms with Crippen molar-refractivity contribution >= 4 is 19.8 Å². The van der Waals surface area contributed by atoms with E-state index >= 15 is 0 Å².